The van der Waals surface area contributed by atoms with Crippen molar-refractivity contribution in [3.05, 3.63) is 41.1 Å². The molecule has 8 heteroatoms. The SMILES string of the molecule is COc1ccc(S(=O)(=O)Nc2cccnc2Br)c(N)c1. The maximum absolute atomic E-state index is 12.3. The van der Waals surface area contributed by atoms with Crippen molar-refractivity contribution in [2.75, 3.05) is 17.6 Å². The molecule has 0 bridgehead atoms. The lowest BCUT2D eigenvalue weighted by Crippen LogP contribution is -2.15. The molecule has 0 aliphatic carbocycles. The van der Waals surface area contributed by atoms with Crippen LogP contribution in [0.25, 0.3) is 0 Å². The van der Waals surface area contributed by atoms with Gasteiger partial charge in [0.15, 0.2) is 0 Å². The van der Waals surface area contributed by atoms with Crippen LogP contribution in [0.4, 0.5) is 11.4 Å². The Labute approximate surface area is 125 Å². The number of sulfonamides is 1. The molecule has 0 spiro atoms. The van der Waals surface area contributed by atoms with E-state index >= 15 is 0 Å². The van der Waals surface area contributed by atoms with Gasteiger partial charge in [0.25, 0.3) is 10.0 Å². The molecule has 1 aromatic carbocycles. The first-order valence-electron chi connectivity index (χ1n) is 5.51. The molecule has 0 aliphatic rings. The topological polar surface area (TPSA) is 94.3 Å². The summed E-state index contributed by atoms with van der Waals surface area (Å²) in [5.74, 6) is 0.490. The van der Waals surface area contributed by atoms with Crippen LogP contribution >= 0.6 is 15.9 Å². The van der Waals surface area contributed by atoms with Crippen LogP contribution < -0.4 is 15.2 Å². The van der Waals surface area contributed by atoms with Crippen LogP contribution in [0.5, 0.6) is 5.75 Å². The summed E-state index contributed by atoms with van der Waals surface area (Å²) in [5, 5.41) is 0. The second-order valence-electron chi connectivity index (χ2n) is 3.85. The van der Waals surface area contributed by atoms with Crippen molar-refractivity contribution in [1.29, 1.82) is 0 Å². The predicted molar refractivity (Wildman–Crippen MR) is 80.2 cm³/mol. The van der Waals surface area contributed by atoms with E-state index < -0.39 is 10.0 Å². The summed E-state index contributed by atoms with van der Waals surface area (Å²) < 4.78 is 32.4. The van der Waals surface area contributed by atoms with E-state index in [1.54, 1.807) is 18.3 Å². The van der Waals surface area contributed by atoms with E-state index in [1.807, 2.05) is 0 Å². The summed E-state index contributed by atoms with van der Waals surface area (Å²) in [6.07, 6.45) is 1.55. The molecule has 0 saturated heterocycles. The number of nitrogens with one attached hydrogen (secondary N) is 1. The van der Waals surface area contributed by atoms with Gasteiger partial charge < -0.3 is 10.5 Å². The number of aromatic nitrogens is 1. The lowest BCUT2D eigenvalue weighted by molar-refractivity contribution is 0.414. The minimum absolute atomic E-state index is 0.0194. The molecular formula is C12H12BrN3O3S. The molecule has 2 aromatic rings. The Morgan fingerprint density at radius 3 is 2.70 bits per heavy atom. The summed E-state index contributed by atoms with van der Waals surface area (Å²) in [5.41, 5.74) is 6.19. The first-order valence-corrected chi connectivity index (χ1v) is 7.78. The fourth-order valence-electron chi connectivity index (χ4n) is 1.56. The van der Waals surface area contributed by atoms with Crippen LogP contribution in [0.1, 0.15) is 0 Å². The van der Waals surface area contributed by atoms with E-state index in [-0.39, 0.29) is 10.6 Å². The van der Waals surface area contributed by atoms with Gasteiger partial charge in [-0.25, -0.2) is 13.4 Å². The summed E-state index contributed by atoms with van der Waals surface area (Å²) in [6, 6.07) is 7.59. The lowest BCUT2D eigenvalue weighted by atomic mass is 10.3. The number of anilines is 2. The molecule has 1 aromatic heterocycles. The Morgan fingerprint density at radius 1 is 1.35 bits per heavy atom. The van der Waals surface area contributed by atoms with Gasteiger partial charge in [-0.2, -0.15) is 0 Å². The highest BCUT2D eigenvalue weighted by Gasteiger charge is 2.19. The third-order valence-electron chi connectivity index (χ3n) is 2.51. The number of methoxy groups -OCH3 is 1. The van der Waals surface area contributed by atoms with Crippen molar-refractivity contribution in [1.82, 2.24) is 4.98 Å². The van der Waals surface area contributed by atoms with Crippen molar-refractivity contribution >= 4 is 37.3 Å². The Hall–Kier alpha value is -1.80. The Balaban J connectivity index is 2.39. The van der Waals surface area contributed by atoms with E-state index in [9.17, 15) is 8.42 Å². The summed E-state index contributed by atoms with van der Waals surface area (Å²) >= 11 is 3.17. The highest BCUT2D eigenvalue weighted by atomic mass is 79.9. The molecule has 106 valence electrons. The first-order chi connectivity index (χ1) is 9.44. The monoisotopic (exact) mass is 357 g/mol. The summed E-state index contributed by atoms with van der Waals surface area (Å²) in [7, 11) is -2.31. The quantitative estimate of drug-likeness (QED) is 0.646. The van der Waals surface area contributed by atoms with Crippen LogP contribution in [0.3, 0.4) is 0 Å². The van der Waals surface area contributed by atoms with Crippen molar-refractivity contribution in [2.24, 2.45) is 0 Å². The third kappa shape index (κ3) is 3.02. The van der Waals surface area contributed by atoms with Gasteiger partial charge in [-0.05, 0) is 40.2 Å². The number of hydrogen-bond donors (Lipinski definition) is 2. The number of rotatable bonds is 4. The molecule has 0 amide bonds. The van der Waals surface area contributed by atoms with Gasteiger partial charge in [-0.3, -0.25) is 4.72 Å². The molecule has 0 fully saturated rings. The van der Waals surface area contributed by atoms with E-state index in [2.05, 4.69) is 25.6 Å². The maximum Gasteiger partial charge on any atom is 0.264 e. The largest absolute Gasteiger partial charge is 0.497 e. The third-order valence-corrected chi connectivity index (χ3v) is 4.58. The Morgan fingerprint density at radius 2 is 2.10 bits per heavy atom. The zero-order chi connectivity index (χ0) is 14.8. The Kier molecular flexibility index (Phi) is 4.15. The van der Waals surface area contributed by atoms with Crippen LogP contribution in [-0.4, -0.2) is 20.5 Å². The van der Waals surface area contributed by atoms with Crippen LogP contribution in [0, 0.1) is 0 Å². The second kappa shape index (κ2) is 5.68. The van der Waals surface area contributed by atoms with Gasteiger partial charge in [0.2, 0.25) is 0 Å². The predicted octanol–water partition coefficient (Wildman–Crippen LogP) is 2.24. The number of hydrogen-bond acceptors (Lipinski definition) is 5. The van der Waals surface area contributed by atoms with Gasteiger partial charge >= 0.3 is 0 Å². The van der Waals surface area contributed by atoms with Gasteiger partial charge in [-0.15, -0.1) is 0 Å². The van der Waals surface area contributed by atoms with Gasteiger partial charge in [-0.1, -0.05) is 0 Å². The summed E-state index contributed by atoms with van der Waals surface area (Å²) in [4.78, 5) is 3.93. The summed E-state index contributed by atoms with van der Waals surface area (Å²) in [6.45, 7) is 0. The molecule has 6 nitrogen and oxygen atoms in total. The van der Waals surface area contributed by atoms with E-state index in [1.165, 1.54) is 25.3 Å². The molecule has 0 saturated carbocycles. The van der Waals surface area contributed by atoms with E-state index in [0.29, 0.717) is 16.0 Å². The molecular weight excluding hydrogens is 346 g/mol. The second-order valence-corrected chi connectivity index (χ2v) is 6.25. The smallest absolute Gasteiger partial charge is 0.264 e. The van der Waals surface area contributed by atoms with Crippen molar-refractivity contribution in [3.63, 3.8) is 0 Å². The maximum atomic E-state index is 12.3. The fourth-order valence-corrected chi connectivity index (χ4v) is 3.22. The van der Waals surface area contributed by atoms with E-state index in [0.717, 1.165) is 0 Å². The van der Waals surface area contributed by atoms with Crippen LogP contribution in [0.15, 0.2) is 46.0 Å². The normalized spacial score (nSPS) is 11.1. The minimum Gasteiger partial charge on any atom is -0.497 e. The molecule has 1 heterocycles. The van der Waals surface area contributed by atoms with Crippen LogP contribution in [0.2, 0.25) is 0 Å². The average molecular weight is 358 g/mol. The number of nitrogens with zero attached hydrogens (tertiary/aromatic N) is 1. The van der Waals surface area contributed by atoms with Gasteiger partial charge in [0.05, 0.1) is 18.5 Å². The van der Waals surface area contributed by atoms with Gasteiger partial charge in [0.1, 0.15) is 15.2 Å². The van der Waals surface area contributed by atoms with Crippen molar-refractivity contribution in [2.45, 2.75) is 4.90 Å². The number of pyridine rings is 1. The number of ether oxygens (including phenoxy) is 1. The number of halogens is 1. The average Bonchev–Trinajstić information content (AvgIpc) is 2.40. The van der Waals surface area contributed by atoms with Crippen molar-refractivity contribution < 1.29 is 13.2 Å². The molecule has 0 aliphatic heterocycles. The standard InChI is InChI=1S/C12H12BrN3O3S/c1-19-8-4-5-11(9(14)7-8)20(17,18)16-10-3-2-6-15-12(10)13/h2-7,16H,14H2,1H3. The molecule has 0 atom stereocenters. The van der Waals surface area contributed by atoms with Gasteiger partial charge in [0, 0.05) is 12.3 Å². The number of benzene rings is 1. The lowest BCUT2D eigenvalue weighted by Gasteiger charge is -2.11. The molecule has 20 heavy (non-hydrogen) atoms. The molecule has 3 N–H and O–H groups in total. The Bertz CT molecular complexity index is 734. The zero-order valence-electron chi connectivity index (χ0n) is 10.5. The zero-order valence-corrected chi connectivity index (χ0v) is 12.9. The van der Waals surface area contributed by atoms with Crippen molar-refractivity contribution in [3.8, 4) is 5.75 Å². The molecule has 2 rings (SSSR count). The van der Waals surface area contributed by atoms with Crippen LogP contribution in [-0.2, 0) is 10.0 Å². The molecule has 0 unspecified atom stereocenters. The fraction of sp³-hybridized carbons (Fsp3) is 0.0833. The highest BCUT2D eigenvalue weighted by Crippen LogP contribution is 2.27. The number of nitrogen functional groups attached to an aromatic ring is 1. The minimum atomic E-state index is -3.79. The number of nitrogens with two attached hydrogens (primary N) is 1. The molecule has 0 radical (unpaired) electrons. The first kappa shape index (κ1) is 14.6. The highest BCUT2D eigenvalue weighted by molar-refractivity contribution is 9.10. The van der Waals surface area contributed by atoms with E-state index in [4.69, 9.17) is 10.5 Å².